The summed E-state index contributed by atoms with van der Waals surface area (Å²) >= 11 is 6.08. The van der Waals surface area contributed by atoms with Crippen molar-refractivity contribution in [3.8, 4) is 0 Å². The van der Waals surface area contributed by atoms with Gasteiger partial charge in [0.1, 0.15) is 0 Å². The molecular weight excluding hydrogens is 232 g/mol. The van der Waals surface area contributed by atoms with E-state index in [1.807, 2.05) is 12.1 Å². The summed E-state index contributed by atoms with van der Waals surface area (Å²) in [5.74, 6) is 0. The third-order valence-corrected chi connectivity index (χ3v) is 4.04. The number of nitrogen functional groups attached to an aromatic ring is 1. The Balaban J connectivity index is 2.20. The average molecular weight is 253 g/mol. The lowest BCUT2D eigenvalue weighted by molar-refractivity contribution is 0.325. The molecule has 2 rings (SSSR count). The van der Waals surface area contributed by atoms with Gasteiger partial charge in [0.05, 0.1) is 16.4 Å². The summed E-state index contributed by atoms with van der Waals surface area (Å²) in [7, 11) is 0. The van der Waals surface area contributed by atoms with Crippen LogP contribution in [0, 0.1) is 5.41 Å². The van der Waals surface area contributed by atoms with Crippen molar-refractivity contribution < 1.29 is 0 Å². The van der Waals surface area contributed by atoms with Crippen molar-refractivity contribution >= 4 is 23.0 Å². The van der Waals surface area contributed by atoms with Gasteiger partial charge in [0.15, 0.2) is 0 Å². The Hall–Kier alpha value is -0.890. The van der Waals surface area contributed by atoms with Gasteiger partial charge in [-0.25, -0.2) is 0 Å². The second-order valence-electron chi connectivity index (χ2n) is 5.68. The second kappa shape index (κ2) is 4.77. The van der Waals surface area contributed by atoms with Gasteiger partial charge in [0.25, 0.3) is 0 Å². The first-order chi connectivity index (χ1) is 7.99. The molecule has 0 unspecified atom stereocenters. The SMILES string of the molecule is CC1(C)CCCN(c2cccc(Cl)c2N)CC1. The molecule has 1 aliphatic heterocycles. The van der Waals surface area contributed by atoms with E-state index in [9.17, 15) is 0 Å². The Morgan fingerprint density at radius 1 is 1.24 bits per heavy atom. The monoisotopic (exact) mass is 252 g/mol. The summed E-state index contributed by atoms with van der Waals surface area (Å²) in [5, 5.41) is 0.658. The average Bonchev–Trinajstić information content (AvgIpc) is 2.44. The van der Waals surface area contributed by atoms with Crippen LogP contribution in [0.2, 0.25) is 5.02 Å². The summed E-state index contributed by atoms with van der Waals surface area (Å²) in [6.45, 7) is 6.83. The molecule has 1 aliphatic rings. The van der Waals surface area contributed by atoms with E-state index >= 15 is 0 Å². The summed E-state index contributed by atoms with van der Waals surface area (Å²) in [6, 6.07) is 5.89. The van der Waals surface area contributed by atoms with Gasteiger partial charge >= 0.3 is 0 Å². The molecule has 3 heteroatoms. The van der Waals surface area contributed by atoms with E-state index in [1.165, 1.54) is 19.3 Å². The van der Waals surface area contributed by atoms with Crippen molar-refractivity contribution in [3.05, 3.63) is 23.2 Å². The lowest BCUT2D eigenvalue weighted by Crippen LogP contribution is -2.25. The van der Waals surface area contributed by atoms with Crippen molar-refractivity contribution in [3.63, 3.8) is 0 Å². The molecule has 0 bridgehead atoms. The van der Waals surface area contributed by atoms with E-state index in [0.29, 0.717) is 16.1 Å². The van der Waals surface area contributed by atoms with Crippen molar-refractivity contribution in [1.82, 2.24) is 0 Å². The van der Waals surface area contributed by atoms with Crippen LogP contribution in [0.4, 0.5) is 11.4 Å². The molecule has 0 saturated carbocycles. The van der Waals surface area contributed by atoms with Gasteiger partial charge < -0.3 is 10.6 Å². The van der Waals surface area contributed by atoms with Crippen molar-refractivity contribution in [1.29, 1.82) is 0 Å². The number of nitrogens with two attached hydrogens (primary N) is 1. The maximum absolute atomic E-state index is 6.08. The molecule has 17 heavy (non-hydrogen) atoms. The van der Waals surface area contributed by atoms with Gasteiger partial charge in [-0.1, -0.05) is 31.5 Å². The maximum Gasteiger partial charge on any atom is 0.0741 e. The normalized spacial score (nSPS) is 20.1. The first-order valence-corrected chi connectivity index (χ1v) is 6.66. The number of hydrogen-bond donors (Lipinski definition) is 1. The molecule has 1 heterocycles. The zero-order chi connectivity index (χ0) is 12.5. The fraction of sp³-hybridized carbons (Fsp3) is 0.571. The Kier molecular flexibility index (Phi) is 3.53. The first-order valence-electron chi connectivity index (χ1n) is 6.28. The van der Waals surface area contributed by atoms with Gasteiger partial charge in [0.2, 0.25) is 0 Å². The van der Waals surface area contributed by atoms with Crippen LogP contribution >= 0.6 is 11.6 Å². The predicted molar refractivity (Wildman–Crippen MR) is 75.7 cm³/mol. The summed E-state index contributed by atoms with van der Waals surface area (Å²) < 4.78 is 0. The molecule has 94 valence electrons. The second-order valence-corrected chi connectivity index (χ2v) is 6.08. The first kappa shape index (κ1) is 12.6. The molecule has 2 nitrogen and oxygen atoms in total. The van der Waals surface area contributed by atoms with Crippen LogP contribution in [0.1, 0.15) is 33.1 Å². The highest BCUT2D eigenvalue weighted by Gasteiger charge is 2.24. The lowest BCUT2D eigenvalue weighted by Gasteiger charge is -2.26. The fourth-order valence-corrected chi connectivity index (χ4v) is 2.63. The van der Waals surface area contributed by atoms with Crippen LogP contribution in [0.5, 0.6) is 0 Å². The zero-order valence-electron chi connectivity index (χ0n) is 10.7. The number of anilines is 2. The highest BCUT2D eigenvalue weighted by Crippen LogP contribution is 2.35. The minimum atomic E-state index is 0.447. The van der Waals surface area contributed by atoms with Crippen LogP contribution in [-0.2, 0) is 0 Å². The zero-order valence-corrected chi connectivity index (χ0v) is 11.4. The van der Waals surface area contributed by atoms with Crippen LogP contribution in [0.3, 0.4) is 0 Å². The summed E-state index contributed by atoms with van der Waals surface area (Å²) in [4.78, 5) is 2.37. The molecule has 0 atom stereocenters. The number of benzene rings is 1. The maximum atomic E-state index is 6.08. The molecule has 0 spiro atoms. The van der Waals surface area contributed by atoms with Gasteiger partial charge in [-0.05, 0) is 36.8 Å². The fourth-order valence-electron chi connectivity index (χ4n) is 2.47. The number of nitrogens with zero attached hydrogens (tertiary/aromatic N) is 1. The van der Waals surface area contributed by atoms with E-state index in [4.69, 9.17) is 17.3 Å². The smallest absolute Gasteiger partial charge is 0.0741 e. The number of para-hydroxylation sites is 1. The van der Waals surface area contributed by atoms with Gasteiger partial charge in [0, 0.05) is 13.1 Å². The predicted octanol–water partition coefficient (Wildman–Crippen LogP) is 3.94. The number of rotatable bonds is 1. The minimum absolute atomic E-state index is 0.447. The third kappa shape index (κ3) is 2.86. The molecule has 1 fully saturated rings. The van der Waals surface area contributed by atoms with E-state index in [1.54, 1.807) is 0 Å². The highest BCUT2D eigenvalue weighted by atomic mass is 35.5. The molecular formula is C14H21ClN2. The molecule has 0 amide bonds. The summed E-state index contributed by atoms with van der Waals surface area (Å²) in [5.41, 5.74) is 8.31. The number of hydrogen-bond acceptors (Lipinski definition) is 2. The molecule has 0 radical (unpaired) electrons. The van der Waals surface area contributed by atoms with Gasteiger partial charge in [-0.3, -0.25) is 0 Å². The quantitative estimate of drug-likeness (QED) is 0.767. The van der Waals surface area contributed by atoms with Crippen molar-refractivity contribution in [2.75, 3.05) is 23.7 Å². The standard InChI is InChI=1S/C14H21ClN2/c1-14(2)7-4-9-17(10-8-14)12-6-3-5-11(15)13(12)16/h3,5-6H,4,7-10,16H2,1-2H3. The number of halogens is 1. The Morgan fingerprint density at radius 3 is 2.76 bits per heavy atom. The van der Waals surface area contributed by atoms with Crippen LogP contribution in [0.25, 0.3) is 0 Å². The van der Waals surface area contributed by atoms with Crippen LogP contribution in [-0.4, -0.2) is 13.1 Å². The van der Waals surface area contributed by atoms with Crippen molar-refractivity contribution in [2.24, 2.45) is 5.41 Å². The Morgan fingerprint density at radius 2 is 2.00 bits per heavy atom. The molecule has 1 saturated heterocycles. The highest BCUT2D eigenvalue weighted by molar-refractivity contribution is 6.33. The Bertz CT molecular complexity index is 401. The Labute approximate surface area is 109 Å². The van der Waals surface area contributed by atoms with E-state index in [0.717, 1.165) is 18.8 Å². The van der Waals surface area contributed by atoms with Gasteiger partial charge in [-0.2, -0.15) is 0 Å². The van der Waals surface area contributed by atoms with Gasteiger partial charge in [-0.15, -0.1) is 0 Å². The lowest BCUT2D eigenvalue weighted by atomic mass is 9.85. The van der Waals surface area contributed by atoms with E-state index in [2.05, 4.69) is 24.8 Å². The van der Waals surface area contributed by atoms with E-state index in [-0.39, 0.29) is 0 Å². The van der Waals surface area contributed by atoms with Crippen LogP contribution < -0.4 is 10.6 Å². The summed E-state index contributed by atoms with van der Waals surface area (Å²) in [6.07, 6.45) is 3.71. The third-order valence-electron chi connectivity index (χ3n) is 3.71. The minimum Gasteiger partial charge on any atom is -0.396 e. The molecule has 1 aromatic rings. The molecule has 2 N–H and O–H groups in total. The molecule has 1 aromatic carbocycles. The molecule has 0 aromatic heterocycles. The van der Waals surface area contributed by atoms with Crippen molar-refractivity contribution in [2.45, 2.75) is 33.1 Å². The van der Waals surface area contributed by atoms with Crippen LogP contribution in [0.15, 0.2) is 18.2 Å². The topological polar surface area (TPSA) is 29.3 Å². The molecule has 0 aliphatic carbocycles. The van der Waals surface area contributed by atoms with E-state index < -0.39 is 0 Å². The largest absolute Gasteiger partial charge is 0.396 e.